The van der Waals surface area contributed by atoms with Crippen molar-refractivity contribution in [2.75, 3.05) is 18.0 Å². The molecule has 1 atom stereocenters. The lowest BCUT2D eigenvalue weighted by molar-refractivity contribution is -0.136. The number of hydrogen-bond donors (Lipinski definition) is 1. The zero-order chi connectivity index (χ0) is 25.1. The average molecular weight is 522 g/mol. The topological polar surface area (TPSA) is 52.7 Å². The summed E-state index contributed by atoms with van der Waals surface area (Å²) in [6, 6.07) is 23.3. The van der Waals surface area contributed by atoms with Crippen LogP contribution >= 0.6 is 23.2 Å². The highest BCUT2D eigenvalue weighted by molar-refractivity contribution is 6.30. The van der Waals surface area contributed by atoms with Crippen LogP contribution in [0.25, 0.3) is 0 Å². The van der Waals surface area contributed by atoms with Crippen LogP contribution in [0.5, 0.6) is 0 Å². The summed E-state index contributed by atoms with van der Waals surface area (Å²) in [5.41, 5.74) is 4.40. The zero-order valence-electron chi connectivity index (χ0n) is 20.0. The first-order chi connectivity index (χ1) is 17.5. The van der Waals surface area contributed by atoms with Crippen LogP contribution in [0.2, 0.25) is 10.0 Å². The van der Waals surface area contributed by atoms with Crippen LogP contribution < -0.4 is 10.2 Å². The number of halogens is 2. The smallest absolute Gasteiger partial charge is 0.245 e. The van der Waals surface area contributed by atoms with Gasteiger partial charge in [-0.25, -0.2) is 0 Å². The number of amides is 2. The van der Waals surface area contributed by atoms with E-state index in [2.05, 4.69) is 22.3 Å². The third-order valence-electron chi connectivity index (χ3n) is 7.17. The first-order valence-electron chi connectivity index (χ1n) is 12.4. The monoisotopic (exact) mass is 521 g/mol. The fraction of sp³-hybridized carbons (Fsp3) is 0.310. The van der Waals surface area contributed by atoms with Gasteiger partial charge in [0.05, 0.1) is 0 Å². The number of carbonyl (C=O) groups excluding carboxylic acids is 2. The molecule has 0 aliphatic carbocycles. The molecule has 2 aliphatic rings. The van der Waals surface area contributed by atoms with Crippen molar-refractivity contribution in [3.63, 3.8) is 0 Å². The Labute approximate surface area is 222 Å². The molecule has 3 aromatic rings. The van der Waals surface area contributed by atoms with Crippen LogP contribution in [0.3, 0.4) is 0 Å². The Morgan fingerprint density at radius 2 is 1.61 bits per heavy atom. The molecule has 0 radical (unpaired) electrons. The summed E-state index contributed by atoms with van der Waals surface area (Å²) < 4.78 is 0. The second kappa shape index (κ2) is 10.9. The summed E-state index contributed by atoms with van der Waals surface area (Å²) >= 11 is 12.1. The van der Waals surface area contributed by atoms with E-state index >= 15 is 0 Å². The molecule has 1 N–H and O–H groups in total. The molecule has 1 saturated heterocycles. The van der Waals surface area contributed by atoms with E-state index in [1.54, 1.807) is 0 Å². The Bertz CT molecular complexity index is 1240. The van der Waals surface area contributed by atoms with Crippen molar-refractivity contribution in [1.82, 2.24) is 10.2 Å². The number of benzene rings is 3. The van der Waals surface area contributed by atoms with Gasteiger partial charge in [0.15, 0.2) is 0 Å². The lowest BCUT2D eigenvalue weighted by atomic mass is 9.95. The van der Waals surface area contributed by atoms with Crippen molar-refractivity contribution in [2.45, 2.75) is 38.4 Å². The van der Waals surface area contributed by atoms with E-state index in [4.69, 9.17) is 23.2 Å². The maximum absolute atomic E-state index is 13.7. The third kappa shape index (κ3) is 5.53. The van der Waals surface area contributed by atoms with Crippen molar-refractivity contribution >= 4 is 40.7 Å². The predicted molar refractivity (Wildman–Crippen MR) is 144 cm³/mol. The highest BCUT2D eigenvalue weighted by atomic mass is 35.5. The van der Waals surface area contributed by atoms with Gasteiger partial charge >= 0.3 is 0 Å². The molecule has 5 nitrogen and oxygen atoms in total. The molecule has 0 bridgehead atoms. The van der Waals surface area contributed by atoms with Crippen molar-refractivity contribution in [1.29, 1.82) is 0 Å². The van der Waals surface area contributed by atoms with Gasteiger partial charge < -0.3 is 15.1 Å². The number of rotatable bonds is 6. The van der Waals surface area contributed by atoms with Crippen LogP contribution in [0.4, 0.5) is 5.69 Å². The van der Waals surface area contributed by atoms with Gasteiger partial charge in [-0.05, 0) is 59.9 Å². The number of carbonyl (C=O) groups is 2. The Morgan fingerprint density at radius 3 is 2.36 bits per heavy atom. The number of nitrogens with one attached hydrogen (secondary N) is 1. The molecule has 0 spiro atoms. The minimum atomic E-state index is -0.244. The van der Waals surface area contributed by atoms with Crippen LogP contribution in [-0.4, -0.2) is 35.8 Å². The Balaban J connectivity index is 1.20. The summed E-state index contributed by atoms with van der Waals surface area (Å²) in [5, 5.41) is 4.39. The molecule has 2 heterocycles. The van der Waals surface area contributed by atoms with Gasteiger partial charge in [-0.2, -0.15) is 0 Å². The molecule has 36 heavy (non-hydrogen) atoms. The zero-order valence-corrected chi connectivity index (χ0v) is 21.5. The minimum absolute atomic E-state index is 0.0414. The molecule has 5 rings (SSSR count). The maximum Gasteiger partial charge on any atom is 0.245 e. The average Bonchev–Trinajstić information content (AvgIpc) is 3.26. The van der Waals surface area contributed by atoms with Crippen LogP contribution in [0.15, 0.2) is 72.8 Å². The van der Waals surface area contributed by atoms with Crippen molar-refractivity contribution in [3.05, 3.63) is 99.5 Å². The van der Waals surface area contributed by atoms with Crippen molar-refractivity contribution in [3.8, 4) is 0 Å². The lowest BCUT2D eigenvalue weighted by Gasteiger charge is -2.36. The highest BCUT2D eigenvalue weighted by Crippen LogP contribution is 2.35. The predicted octanol–water partition coefficient (Wildman–Crippen LogP) is 5.48. The van der Waals surface area contributed by atoms with E-state index in [1.807, 2.05) is 65.6 Å². The Morgan fingerprint density at radius 1 is 0.861 bits per heavy atom. The van der Waals surface area contributed by atoms with Crippen molar-refractivity contribution in [2.24, 2.45) is 5.92 Å². The molecule has 1 fully saturated rings. The van der Waals surface area contributed by atoms with Crippen molar-refractivity contribution < 1.29 is 9.59 Å². The first-order valence-corrected chi connectivity index (χ1v) is 13.1. The highest BCUT2D eigenvalue weighted by Gasteiger charge is 2.38. The number of para-hydroxylation sites is 1. The number of anilines is 1. The fourth-order valence-electron chi connectivity index (χ4n) is 5.21. The van der Waals surface area contributed by atoms with E-state index in [0.29, 0.717) is 55.5 Å². The molecular formula is C29H29Cl2N3O2. The molecule has 2 aliphatic heterocycles. The number of nitrogens with zero attached hydrogens (tertiary/aromatic N) is 2. The van der Waals surface area contributed by atoms with E-state index in [-0.39, 0.29) is 23.8 Å². The second-order valence-electron chi connectivity index (χ2n) is 9.55. The summed E-state index contributed by atoms with van der Waals surface area (Å²) in [5.74, 6) is 0.0943. The fourth-order valence-corrected chi connectivity index (χ4v) is 5.54. The molecule has 7 heteroatoms. The summed E-state index contributed by atoms with van der Waals surface area (Å²) in [7, 11) is 0. The second-order valence-corrected chi connectivity index (χ2v) is 10.4. The Hall–Kier alpha value is -3.02. The summed E-state index contributed by atoms with van der Waals surface area (Å²) in [6.45, 7) is 2.29. The lowest BCUT2D eigenvalue weighted by Crippen LogP contribution is -2.50. The standard InChI is InChI=1S/C29H29Cl2N3O2/c30-24-10-8-20(9-11-24)19-34-26-7-2-1-5-23(26)17-27(34)29(36)33-14-12-22(13-15-33)28(35)32-18-21-4-3-6-25(31)16-21/h1-11,16,22,27H,12-15,17-19H2,(H,32,35). The van der Waals surface area contributed by atoms with Gasteiger partial charge in [0.2, 0.25) is 11.8 Å². The quantitative estimate of drug-likeness (QED) is 0.467. The van der Waals surface area contributed by atoms with Gasteiger partial charge in [0.25, 0.3) is 0 Å². The number of hydrogen-bond acceptors (Lipinski definition) is 3. The number of likely N-dealkylation sites (tertiary alicyclic amines) is 1. The molecule has 2 amide bonds. The van der Waals surface area contributed by atoms with Gasteiger partial charge in [0.1, 0.15) is 6.04 Å². The summed E-state index contributed by atoms with van der Waals surface area (Å²) in [6.07, 6.45) is 2.04. The van der Waals surface area contributed by atoms with Crippen LogP contribution in [0.1, 0.15) is 29.5 Å². The summed E-state index contributed by atoms with van der Waals surface area (Å²) in [4.78, 5) is 30.6. The van der Waals surface area contributed by atoms with Gasteiger partial charge in [-0.1, -0.05) is 65.7 Å². The van der Waals surface area contributed by atoms with Gasteiger partial charge in [-0.15, -0.1) is 0 Å². The van der Waals surface area contributed by atoms with E-state index in [9.17, 15) is 9.59 Å². The SMILES string of the molecule is O=C(NCc1cccc(Cl)c1)C1CCN(C(=O)C2Cc3ccccc3N2Cc2ccc(Cl)cc2)CC1. The minimum Gasteiger partial charge on any atom is -0.355 e. The van der Waals surface area contributed by atoms with Gasteiger partial charge in [-0.3, -0.25) is 9.59 Å². The molecule has 3 aromatic carbocycles. The molecule has 0 saturated carbocycles. The van der Waals surface area contributed by atoms with E-state index in [1.165, 1.54) is 5.56 Å². The molecule has 1 unspecified atom stereocenters. The molecule has 186 valence electrons. The molecule has 0 aromatic heterocycles. The maximum atomic E-state index is 13.7. The van der Waals surface area contributed by atoms with Crippen LogP contribution in [-0.2, 0) is 29.1 Å². The van der Waals surface area contributed by atoms with Gasteiger partial charge in [0, 0.05) is 54.3 Å². The number of fused-ring (bicyclic) bond motifs is 1. The van der Waals surface area contributed by atoms with E-state index < -0.39 is 0 Å². The van der Waals surface area contributed by atoms with E-state index in [0.717, 1.165) is 16.8 Å². The largest absolute Gasteiger partial charge is 0.355 e. The normalized spacial score (nSPS) is 17.7. The Kier molecular flexibility index (Phi) is 7.49. The van der Waals surface area contributed by atoms with Crippen LogP contribution in [0, 0.1) is 5.92 Å². The number of piperidine rings is 1. The third-order valence-corrected chi connectivity index (χ3v) is 7.66. The molecular weight excluding hydrogens is 493 g/mol. The first kappa shape index (κ1) is 24.7.